The summed E-state index contributed by atoms with van der Waals surface area (Å²) in [5.41, 5.74) is 2.82. The molecule has 4 rings (SSSR count). The number of hydrogen-bond acceptors (Lipinski definition) is 3. The normalized spacial score (nSPS) is 11.8. The SMILES string of the molecule is C=CCn1c(=O)c(=O)n(Cc2ccc(C(=O)NC(C)CCc3ccccc3)cc2)c2ccccc21. The van der Waals surface area contributed by atoms with E-state index in [1.807, 2.05) is 61.5 Å². The second kappa shape index (κ2) is 10.8. The van der Waals surface area contributed by atoms with Gasteiger partial charge < -0.3 is 5.32 Å². The topological polar surface area (TPSA) is 73.1 Å². The minimum atomic E-state index is -0.584. The van der Waals surface area contributed by atoms with Crippen LogP contribution in [0, 0.1) is 0 Å². The molecule has 1 unspecified atom stereocenters. The molecule has 1 heterocycles. The first-order valence-corrected chi connectivity index (χ1v) is 11.7. The summed E-state index contributed by atoms with van der Waals surface area (Å²) in [6, 6.07) is 24.7. The molecule has 1 aromatic heterocycles. The number of aromatic nitrogens is 2. The minimum absolute atomic E-state index is 0.0365. The van der Waals surface area contributed by atoms with E-state index in [0.717, 1.165) is 18.4 Å². The zero-order valence-corrected chi connectivity index (χ0v) is 19.8. The van der Waals surface area contributed by atoms with Crippen LogP contribution in [-0.2, 0) is 19.5 Å². The first-order chi connectivity index (χ1) is 17.0. The van der Waals surface area contributed by atoms with E-state index in [4.69, 9.17) is 0 Å². The maximum Gasteiger partial charge on any atom is 0.317 e. The van der Waals surface area contributed by atoms with E-state index in [2.05, 4.69) is 24.0 Å². The maximum atomic E-state index is 12.9. The van der Waals surface area contributed by atoms with Crippen LogP contribution < -0.4 is 16.4 Å². The molecule has 35 heavy (non-hydrogen) atoms. The summed E-state index contributed by atoms with van der Waals surface area (Å²) in [6.07, 6.45) is 3.35. The van der Waals surface area contributed by atoms with Crippen LogP contribution in [0.3, 0.4) is 0 Å². The zero-order valence-electron chi connectivity index (χ0n) is 19.8. The zero-order chi connectivity index (χ0) is 24.8. The van der Waals surface area contributed by atoms with Gasteiger partial charge >= 0.3 is 11.1 Å². The summed E-state index contributed by atoms with van der Waals surface area (Å²) in [7, 11) is 0. The third-order valence-electron chi connectivity index (χ3n) is 6.09. The van der Waals surface area contributed by atoms with Crippen molar-refractivity contribution >= 4 is 16.9 Å². The molecule has 0 bridgehead atoms. The molecule has 1 atom stereocenters. The molecule has 0 spiro atoms. The molecule has 0 aliphatic heterocycles. The molecule has 3 aromatic carbocycles. The van der Waals surface area contributed by atoms with E-state index in [0.29, 0.717) is 16.6 Å². The van der Waals surface area contributed by atoms with Crippen LogP contribution in [0.4, 0.5) is 0 Å². The molecule has 1 N–H and O–H groups in total. The Labute approximate surface area is 204 Å². The fraction of sp³-hybridized carbons (Fsp3) is 0.207. The van der Waals surface area contributed by atoms with Crippen molar-refractivity contribution < 1.29 is 4.79 Å². The van der Waals surface area contributed by atoms with Crippen molar-refractivity contribution in [1.82, 2.24) is 14.5 Å². The molecule has 6 nitrogen and oxygen atoms in total. The van der Waals surface area contributed by atoms with Crippen LogP contribution in [-0.4, -0.2) is 21.1 Å². The number of aryl methyl sites for hydroxylation is 1. The van der Waals surface area contributed by atoms with Crippen LogP contribution in [0.15, 0.2) is 101 Å². The number of allylic oxidation sites excluding steroid dienone is 1. The monoisotopic (exact) mass is 467 g/mol. The molecule has 4 aromatic rings. The van der Waals surface area contributed by atoms with Crippen molar-refractivity contribution in [2.75, 3.05) is 0 Å². The van der Waals surface area contributed by atoms with E-state index >= 15 is 0 Å². The van der Waals surface area contributed by atoms with Gasteiger partial charge in [0.15, 0.2) is 0 Å². The number of hydrogen-bond donors (Lipinski definition) is 1. The Morgan fingerprint density at radius 3 is 2.11 bits per heavy atom. The third kappa shape index (κ3) is 5.49. The Hall–Kier alpha value is -4.19. The van der Waals surface area contributed by atoms with Crippen LogP contribution in [0.2, 0.25) is 0 Å². The van der Waals surface area contributed by atoms with Gasteiger partial charge in [0.05, 0.1) is 17.6 Å². The van der Waals surface area contributed by atoms with Crippen LogP contribution in [0.5, 0.6) is 0 Å². The Morgan fingerprint density at radius 2 is 1.46 bits per heavy atom. The van der Waals surface area contributed by atoms with Gasteiger partial charge in [-0.25, -0.2) is 0 Å². The van der Waals surface area contributed by atoms with Crippen molar-refractivity contribution in [3.63, 3.8) is 0 Å². The minimum Gasteiger partial charge on any atom is -0.350 e. The number of fused-ring (bicyclic) bond motifs is 1. The van der Waals surface area contributed by atoms with Gasteiger partial charge in [-0.15, -0.1) is 6.58 Å². The number of benzene rings is 3. The molecule has 0 radical (unpaired) electrons. The Morgan fingerprint density at radius 1 is 0.857 bits per heavy atom. The van der Waals surface area contributed by atoms with E-state index in [1.54, 1.807) is 18.2 Å². The number of carbonyl (C=O) groups excluding carboxylic acids is 1. The summed E-state index contributed by atoms with van der Waals surface area (Å²) >= 11 is 0. The Kier molecular flexibility index (Phi) is 7.41. The highest BCUT2D eigenvalue weighted by Gasteiger charge is 2.14. The van der Waals surface area contributed by atoms with Crippen LogP contribution in [0.25, 0.3) is 11.0 Å². The second-order valence-corrected chi connectivity index (χ2v) is 8.68. The van der Waals surface area contributed by atoms with Gasteiger partial charge in [-0.05, 0) is 55.2 Å². The fourth-order valence-electron chi connectivity index (χ4n) is 4.19. The smallest absolute Gasteiger partial charge is 0.317 e. The maximum absolute atomic E-state index is 12.9. The number of nitrogens with zero attached hydrogens (tertiary/aromatic N) is 2. The van der Waals surface area contributed by atoms with Gasteiger partial charge in [0.1, 0.15) is 0 Å². The molecule has 6 heteroatoms. The summed E-state index contributed by atoms with van der Waals surface area (Å²) in [5, 5.41) is 3.05. The standard InChI is InChI=1S/C29H29N3O3/c1-3-19-31-25-11-7-8-12-26(25)32(29(35)28(31)34)20-23-15-17-24(18-16-23)27(33)30-21(2)13-14-22-9-5-4-6-10-22/h3-12,15-18,21H,1,13-14,19-20H2,2H3,(H,30,33). The largest absolute Gasteiger partial charge is 0.350 e. The quantitative estimate of drug-likeness (QED) is 0.297. The molecular formula is C29H29N3O3. The van der Waals surface area contributed by atoms with Gasteiger partial charge in [-0.3, -0.25) is 23.5 Å². The fourth-order valence-corrected chi connectivity index (χ4v) is 4.19. The first-order valence-electron chi connectivity index (χ1n) is 11.7. The summed E-state index contributed by atoms with van der Waals surface area (Å²) in [4.78, 5) is 38.3. The molecule has 0 saturated heterocycles. The van der Waals surface area contributed by atoms with Crippen molar-refractivity contribution in [3.05, 3.63) is 129 Å². The number of amides is 1. The Balaban J connectivity index is 1.48. The van der Waals surface area contributed by atoms with Crippen LogP contribution >= 0.6 is 0 Å². The average Bonchev–Trinajstić information content (AvgIpc) is 2.89. The lowest BCUT2D eigenvalue weighted by Gasteiger charge is -2.15. The molecule has 1 amide bonds. The molecular weight excluding hydrogens is 438 g/mol. The summed E-state index contributed by atoms with van der Waals surface area (Å²) < 4.78 is 2.92. The van der Waals surface area contributed by atoms with Crippen molar-refractivity contribution in [1.29, 1.82) is 0 Å². The van der Waals surface area contributed by atoms with Crippen LogP contribution in [0.1, 0.15) is 34.8 Å². The first kappa shape index (κ1) is 24.0. The number of para-hydroxylation sites is 2. The van der Waals surface area contributed by atoms with Gasteiger partial charge in [-0.2, -0.15) is 0 Å². The van der Waals surface area contributed by atoms with Gasteiger partial charge in [0.25, 0.3) is 5.91 Å². The average molecular weight is 468 g/mol. The second-order valence-electron chi connectivity index (χ2n) is 8.68. The van der Waals surface area contributed by atoms with E-state index in [9.17, 15) is 14.4 Å². The number of carbonyl (C=O) groups is 1. The molecule has 0 aliphatic carbocycles. The highest BCUT2D eigenvalue weighted by atomic mass is 16.2. The Bertz CT molecular complexity index is 1450. The molecule has 0 aliphatic rings. The summed E-state index contributed by atoms with van der Waals surface area (Å²) in [6.45, 7) is 6.19. The third-order valence-corrected chi connectivity index (χ3v) is 6.09. The van der Waals surface area contributed by atoms with Gasteiger partial charge in [0.2, 0.25) is 0 Å². The number of nitrogens with one attached hydrogen (secondary N) is 1. The molecule has 178 valence electrons. The lowest BCUT2D eigenvalue weighted by atomic mass is 10.1. The highest BCUT2D eigenvalue weighted by molar-refractivity contribution is 5.94. The lowest BCUT2D eigenvalue weighted by Crippen LogP contribution is -2.41. The summed E-state index contributed by atoms with van der Waals surface area (Å²) in [5.74, 6) is -0.133. The van der Waals surface area contributed by atoms with Crippen molar-refractivity contribution in [3.8, 4) is 0 Å². The van der Waals surface area contributed by atoms with Gasteiger partial charge in [-0.1, -0.05) is 60.7 Å². The van der Waals surface area contributed by atoms with Crippen molar-refractivity contribution in [2.45, 2.75) is 38.9 Å². The van der Waals surface area contributed by atoms with E-state index in [1.165, 1.54) is 14.7 Å². The number of rotatable bonds is 9. The van der Waals surface area contributed by atoms with E-state index in [-0.39, 0.29) is 25.0 Å². The van der Waals surface area contributed by atoms with Gasteiger partial charge in [0, 0.05) is 18.2 Å². The van der Waals surface area contributed by atoms with E-state index < -0.39 is 11.1 Å². The highest BCUT2D eigenvalue weighted by Crippen LogP contribution is 2.14. The molecule has 0 fully saturated rings. The predicted octanol–water partition coefficient (Wildman–Crippen LogP) is 4.15. The molecule has 0 saturated carbocycles. The van der Waals surface area contributed by atoms with Crippen molar-refractivity contribution in [2.24, 2.45) is 0 Å². The lowest BCUT2D eigenvalue weighted by molar-refractivity contribution is 0.0938. The predicted molar refractivity (Wildman–Crippen MR) is 140 cm³/mol.